The van der Waals surface area contributed by atoms with Gasteiger partial charge in [0.15, 0.2) is 5.82 Å². The second-order valence-corrected chi connectivity index (χ2v) is 7.64. The summed E-state index contributed by atoms with van der Waals surface area (Å²) in [6, 6.07) is 7.74. The number of pyridine rings is 1. The van der Waals surface area contributed by atoms with E-state index in [-0.39, 0.29) is 17.3 Å². The monoisotopic (exact) mass is 405 g/mol. The average molecular weight is 405 g/mol. The van der Waals surface area contributed by atoms with Gasteiger partial charge in [0.25, 0.3) is 0 Å². The molecule has 3 aromatic rings. The molecule has 0 saturated carbocycles. The molecule has 154 valence electrons. The second-order valence-electron chi connectivity index (χ2n) is 7.64. The van der Waals surface area contributed by atoms with Crippen molar-refractivity contribution in [3.63, 3.8) is 0 Å². The van der Waals surface area contributed by atoms with Crippen molar-refractivity contribution in [2.24, 2.45) is 0 Å². The van der Waals surface area contributed by atoms with Crippen molar-refractivity contribution in [2.75, 3.05) is 31.1 Å². The largest absolute Gasteiger partial charge is 0.352 e. The lowest BCUT2D eigenvalue weighted by Gasteiger charge is -2.35. The van der Waals surface area contributed by atoms with Crippen molar-refractivity contribution in [3.05, 3.63) is 60.8 Å². The molecule has 7 heteroatoms. The molecule has 1 aliphatic rings. The molecule has 0 radical (unpaired) electrons. The van der Waals surface area contributed by atoms with E-state index in [1.807, 2.05) is 29.2 Å². The predicted molar refractivity (Wildman–Crippen MR) is 116 cm³/mol. The van der Waals surface area contributed by atoms with Gasteiger partial charge in [0.05, 0.1) is 5.39 Å². The molecule has 1 aliphatic heterocycles. The number of hydrogen-bond acceptors (Lipinski definition) is 5. The molecule has 6 nitrogen and oxygen atoms in total. The number of benzene rings is 1. The molecule has 1 saturated heterocycles. The van der Waals surface area contributed by atoms with Gasteiger partial charge in [0, 0.05) is 37.9 Å². The van der Waals surface area contributed by atoms with Crippen LogP contribution in [0.25, 0.3) is 22.2 Å². The number of halogens is 1. The number of amides is 1. The minimum absolute atomic E-state index is 0.0802. The van der Waals surface area contributed by atoms with Gasteiger partial charge in [-0.25, -0.2) is 14.4 Å². The maximum Gasteiger partial charge on any atom is 0.246 e. The van der Waals surface area contributed by atoms with Crippen LogP contribution < -0.4 is 4.90 Å². The number of fused-ring (bicyclic) bond motifs is 1. The number of aromatic nitrogens is 3. The van der Waals surface area contributed by atoms with Crippen molar-refractivity contribution >= 4 is 22.6 Å². The van der Waals surface area contributed by atoms with Crippen molar-refractivity contribution in [1.29, 1.82) is 0 Å². The number of hydrogen-bond donors (Lipinski definition) is 0. The molecule has 0 spiro atoms. The standard InChI is InChI=1S/C23H24FN5O/c1-4-19(30)28-9-11-29(12-10-28)23-18-13-25-21(20(24)22(18)26-14-27-23)17-8-6-5-7-16(17)15(2)3/h4-8,13-15H,1,9-12H2,2-3H3. The number of carbonyl (C=O) groups is 1. The first-order chi connectivity index (χ1) is 14.5. The zero-order chi connectivity index (χ0) is 21.3. The zero-order valence-electron chi connectivity index (χ0n) is 17.2. The average Bonchev–Trinajstić information content (AvgIpc) is 2.78. The zero-order valence-corrected chi connectivity index (χ0v) is 17.2. The van der Waals surface area contributed by atoms with Crippen LogP contribution in [-0.4, -0.2) is 51.9 Å². The van der Waals surface area contributed by atoms with Gasteiger partial charge >= 0.3 is 0 Å². The number of piperazine rings is 1. The van der Waals surface area contributed by atoms with Crippen LogP contribution in [0.5, 0.6) is 0 Å². The Morgan fingerprint density at radius 3 is 2.57 bits per heavy atom. The molecule has 4 rings (SSSR count). The number of anilines is 1. The summed E-state index contributed by atoms with van der Waals surface area (Å²) in [6.07, 6.45) is 4.37. The first kappa shape index (κ1) is 19.9. The van der Waals surface area contributed by atoms with Gasteiger partial charge in [-0.3, -0.25) is 9.78 Å². The fraction of sp³-hybridized carbons (Fsp3) is 0.304. The van der Waals surface area contributed by atoms with E-state index in [1.54, 1.807) is 11.1 Å². The van der Waals surface area contributed by atoms with Gasteiger partial charge in [-0.2, -0.15) is 0 Å². The molecule has 0 aliphatic carbocycles. The normalized spacial score (nSPS) is 14.4. The summed E-state index contributed by atoms with van der Waals surface area (Å²) >= 11 is 0. The first-order valence-electron chi connectivity index (χ1n) is 10.1. The van der Waals surface area contributed by atoms with E-state index in [0.29, 0.717) is 43.1 Å². The van der Waals surface area contributed by atoms with E-state index in [9.17, 15) is 4.79 Å². The third-order valence-corrected chi connectivity index (χ3v) is 5.50. The third kappa shape index (κ3) is 3.51. The Morgan fingerprint density at radius 2 is 1.87 bits per heavy atom. The lowest BCUT2D eigenvalue weighted by Crippen LogP contribution is -2.48. The maximum absolute atomic E-state index is 15.5. The third-order valence-electron chi connectivity index (χ3n) is 5.50. The number of nitrogens with zero attached hydrogens (tertiary/aromatic N) is 5. The molecule has 0 unspecified atom stereocenters. The Labute approximate surface area is 175 Å². The highest BCUT2D eigenvalue weighted by Crippen LogP contribution is 2.33. The summed E-state index contributed by atoms with van der Waals surface area (Å²) in [5.74, 6) is 0.363. The summed E-state index contributed by atoms with van der Waals surface area (Å²) < 4.78 is 15.5. The summed E-state index contributed by atoms with van der Waals surface area (Å²) in [6.45, 7) is 10.0. The molecular formula is C23H24FN5O. The van der Waals surface area contributed by atoms with Crippen LogP contribution in [0.1, 0.15) is 25.3 Å². The minimum atomic E-state index is -0.440. The summed E-state index contributed by atoms with van der Waals surface area (Å²) in [4.78, 5) is 28.7. The van der Waals surface area contributed by atoms with Crippen molar-refractivity contribution in [2.45, 2.75) is 19.8 Å². The smallest absolute Gasteiger partial charge is 0.246 e. The fourth-order valence-electron chi connectivity index (χ4n) is 3.90. The Kier molecular flexibility index (Phi) is 5.44. The SMILES string of the molecule is C=CC(=O)N1CCN(c2ncnc3c(F)c(-c4ccccc4C(C)C)ncc23)CC1. The van der Waals surface area contributed by atoms with Crippen LogP contribution in [0, 0.1) is 5.82 Å². The Bertz CT molecular complexity index is 1110. The second kappa shape index (κ2) is 8.18. The van der Waals surface area contributed by atoms with E-state index < -0.39 is 5.82 Å². The van der Waals surface area contributed by atoms with Crippen LogP contribution in [0.15, 0.2) is 49.4 Å². The van der Waals surface area contributed by atoms with E-state index in [2.05, 4.69) is 35.4 Å². The summed E-state index contributed by atoms with van der Waals surface area (Å²) in [5.41, 5.74) is 2.38. The van der Waals surface area contributed by atoms with Crippen LogP contribution in [0.3, 0.4) is 0 Å². The van der Waals surface area contributed by atoms with Crippen LogP contribution in [0.4, 0.5) is 10.2 Å². The van der Waals surface area contributed by atoms with E-state index in [1.165, 1.54) is 12.4 Å². The van der Waals surface area contributed by atoms with Crippen molar-refractivity contribution < 1.29 is 9.18 Å². The van der Waals surface area contributed by atoms with Crippen molar-refractivity contribution in [3.8, 4) is 11.3 Å². The molecule has 1 aromatic carbocycles. The van der Waals surface area contributed by atoms with Crippen LogP contribution in [0.2, 0.25) is 0 Å². The van der Waals surface area contributed by atoms with Gasteiger partial charge in [0.2, 0.25) is 5.91 Å². The quantitative estimate of drug-likeness (QED) is 0.618. The van der Waals surface area contributed by atoms with Crippen molar-refractivity contribution in [1.82, 2.24) is 19.9 Å². The van der Waals surface area contributed by atoms with E-state index in [4.69, 9.17) is 0 Å². The Morgan fingerprint density at radius 1 is 1.13 bits per heavy atom. The summed E-state index contributed by atoms with van der Waals surface area (Å²) in [7, 11) is 0. The topological polar surface area (TPSA) is 62.2 Å². The molecule has 1 amide bonds. The van der Waals surface area contributed by atoms with E-state index >= 15 is 4.39 Å². The van der Waals surface area contributed by atoms with Crippen LogP contribution in [-0.2, 0) is 4.79 Å². The summed E-state index contributed by atoms with van der Waals surface area (Å²) in [5, 5.41) is 0.573. The molecule has 0 bridgehead atoms. The molecule has 1 fully saturated rings. The maximum atomic E-state index is 15.5. The molecule has 0 N–H and O–H groups in total. The van der Waals surface area contributed by atoms with E-state index in [0.717, 1.165) is 11.1 Å². The lowest BCUT2D eigenvalue weighted by atomic mass is 9.94. The first-order valence-corrected chi connectivity index (χ1v) is 10.1. The highest BCUT2D eigenvalue weighted by Gasteiger charge is 2.24. The molecule has 0 atom stereocenters. The number of carbonyl (C=O) groups excluding carboxylic acids is 1. The van der Waals surface area contributed by atoms with Crippen LogP contribution >= 0.6 is 0 Å². The lowest BCUT2D eigenvalue weighted by molar-refractivity contribution is -0.126. The molecule has 30 heavy (non-hydrogen) atoms. The minimum Gasteiger partial charge on any atom is -0.352 e. The Balaban J connectivity index is 1.72. The van der Waals surface area contributed by atoms with Gasteiger partial charge in [-0.15, -0.1) is 0 Å². The molecular weight excluding hydrogens is 381 g/mol. The highest BCUT2D eigenvalue weighted by atomic mass is 19.1. The molecule has 3 heterocycles. The van der Waals surface area contributed by atoms with Gasteiger partial charge in [0.1, 0.15) is 23.4 Å². The fourth-order valence-corrected chi connectivity index (χ4v) is 3.90. The van der Waals surface area contributed by atoms with Gasteiger partial charge < -0.3 is 9.80 Å². The molecule has 2 aromatic heterocycles. The Hall–Kier alpha value is -3.35. The number of rotatable bonds is 4. The predicted octanol–water partition coefficient (Wildman–Crippen LogP) is 3.79. The van der Waals surface area contributed by atoms with Gasteiger partial charge in [-0.05, 0) is 17.6 Å². The van der Waals surface area contributed by atoms with Gasteiger partial charge in [-0.1, -0.05) is 44.7 Å². The highest BCUT2D eigenvalue weighted by molar-refractivity contribution is 5.92.